The van der Waals surface area contributed by atoms with E-state index in [4.69, 9.17) is 9.15 Å². The molecule has 0 aliphatic carbocycles. The molecular weight excluding hydrogens is 478 g/mol. The predicted molar refractivity (Wildman–Crippen MR) is 138 cm³/mol. The van der Waals surface area contributed by atoms with Crippen LogP contribution in [-0.4, -0.2) is 43.4 Å². The third-order valence-corrected chi connectivity index (χ3v) is 9.06. The van der Waals surface area contributed by atoms with Crippen LogP contribution in [0.2, 0.25) is 0 Å². The maximum atomic E-state index is 13.8. The summed E-state index contributed by atoms with van der Waals surface area (Å²) >= 11 is 0. The van der Waals surface area contributed by atoms with Crippen molar-refractivity contribution in [2.24, 2.45) is 0 Å². The Hall–Kier alpha value is -3.13. The molecule has 36 heavy (non-hydrogen) atoms. The number of carbonyl (C=O) groups excluding carboxylic acids is 1. The Morgan fingerprint density at radius 1 is 1.08 bits per heavy atom. The number of benzene rings is 2. The van der Waals surface area contributed by atoms with E-state index in [2.05, 4.69) is 6.92 Å². The number of hydrogen-bond acceptors (Lipinski definition) is 6. The number of unbranched alkanes of at least 4 members (excludes halogenated alkanes) is 2. The molecule has 3 heterocycles. The second-order valence-electron chi connectivity index (χ2n) is 9.91. The van der Waals surface area contributed by atoms with Crippen LogP contribution in [0.15, 0.2) is 45.6 Å². The summed E-state index contributed by atoms with van der Waals surface area (Å²) in [4.78, 5) is 29.1. The summed E-state index contributed by atoms with van der Waals surface area (Å²) in [6.45, 7) is 6.56. The summed E-state index contributed by atoms with van der Waals surface area (Å²) < 4.78 is 36.7. The Labute approximate surface area is 211 Å². The fraction of sp³-hybridized carbons (Fsp3) is 0.429. The smallest absolute Gasteiger partial charge is 0.291 e. The molecule has 0 spiro atoms. The maximum absolute atomic E-state index is 13.8. The van der Waals surface area contributed by atoms with Gasteiger partial charge in [-0.3, -0.25) is 9.59 Å². The molecule has 2 aliphatic heterocycles. The molecule has 0 radical (unpaired) electrons. The molecule has 0 saturated carbocycles. The first kappa shape index (κ1) is 24.6. The highest BCUT2D eigenvalue weighted by Crippen LogP contribution is 2.42. The van der Waals surface area contributed by atoms with Crippen molar-refractivity contribution in [2.45, 2.75) is 58.5 Å². The third-order valence-electron chi connectivity index (χ3n) is 7.31. The van der Waals surface area contributed by atoms with Crippen molar-refractivity contribution in [1.29, 1.82) is 0 Å². The zero-order valence-electron chi connectivity index (χ0n) is 20.9. The average Bonchev–Trinajstić information content (AvgIpc) is 3.34. The molecule has 190 valence electrons. The van der Waals surface area contributed by atoms with Gasteiger partial charge in [0.2, 0.25) is 5.76 Å². The number of rotatable bonds is 7. The van der Waals surface area contributed by atoms with E-state index in [1.165, 1.54) is 0 Å². The SMILES string of the molecule is CCCCCOc1cccc(C2c3c(oc4cc(C)c(C)cc4c3=O)C(=O)N2C2CCS(=O)(=O)C2)c1. The summed E-state index contributed by atoms with van der Waals surface area (Å²) in [6.07, 6.45) is 3.43. The van der Waals surface area contributed by atoms with Gasteiger partial charge in [0.05, 0.1) is 35.1 Å². The molecule has 2 unspecified atom stereocenters. The molecule has 1 saturated heterocycles. The van der Waals surface area contributed by atoms with Crippen LogP contribution in [0.25, 0.3) is 11.0 Å². The lowest BCUT2D eigenvalue weighted by Crippen LogP contribution is -2.40. The van der Waals surface area contributed by atoms with Gasteiger partial charge in [0, 0.05) is 6.04 Å². The van der Waals surface area contributed by atoms with E-state index in [0.29, 0.717) is 35.3 Å². The standard InChI is InChI=1S/C28H31NO6S/c1-4-5-6-11-34-21-9-7-8-19(15-21)25-24-26(30)22-13-17(2)18(3)14-23(22)35-27(24)28(31)29(25)20-10-12-36(32,33)16-20/h7-9,13-15,20,25H,4-6,10-12,16H2,1-3H3. The molecule has 1 aromatic heterocycles. The van der Waals surface area contributed by atoms with E-state index in [-0.39, 0.29) is 28.3 Å². The highest BCUT2D eigenvalue weighted by atomic mass is 32.2. The maximum Gasteiger partial charge on any atom is 0.291 e. The minimum atomic E-state index is -3.26. The molecule has 2 aromatic carbocycles. The molecule has 2 atom stereocenters. The summed E-state index contributed by atoms with van der Waals surface area (Å²) in [5.41, 5.74) is 2.99. The topological polar surface area (TPSA) is 93.9 Å². The normalized spacial score (nSPS) is 20.8. The highest BCUT2D eigenvalue weighted by molar-refractivity contribution is 7.91. The molecule has 7 nitrogen and oxygen atoms in total. The monoisotopic (exact) mass is 509 g/mol. The largest absolute Gasteiger partial charge is 0.494 e. The van der Waals surface area contributed by atoms with Crippen molar-refractivity contribution >= 4 is 26.7 Å². The number of sulfone groups is 1. The van der Waals surface area contributed by atoms with Gasteiger partial charge in [0.1, 0.15) is 11.3 Å². The summed E-state index contributed by atoms with van der Waals surface area (Å²) in [6, 6.07) is 9.70. The highest BCUT2D eigenvalue weighted by Gasteiger charge is 2.48. The lowest BCUT2D eigenvalue weighted by Gasteiger charge is -2.30. The lowest BCUT2D eigenvalue weighted by atomic mass is 9.96. The first-order valence-electron chi connectivity index (χ1n) is 12.5. The van der Waals surface area contributed by atoms with Gasteiger partial charge >= 0.3 is 0 Å². The van der Waals surface area contributed by atoms with Crippen molar-refractivity contribution in [1.82, 2.24) is 4.90 Å². The van der Waals surface area contributed by atoms with Crippen LogP contribution in [0.3, 0.4) is 0 Å². The molecule has 8 heteroatoms. The van der Waals surface area contributed by atoms with E-state index in [1.807, 2.05) is 38.1 Å². The number of hydrogen-bond donors (Lipinski definition) is 0. The Kier molecular flexibility index (Phi) is 6.41. The van der Waals surface area contributed by atoms with Gasteiger partial charge in [-0.25, -0.2) is 8.42 Å². The quantitative estimate of drug-likeness (QED) is 0.428. The van der Waals surface area contributed by atoms with Crippen LogP contribution in [0.4, 0.5) is 0 Å². The number of aryl methyl sites for hydroxylation is 2. The average molecular weight is 510 g/mol. The third kappa shape index (κ3) is 4.32. The molecule has 0 bridgehead atoms. The molecular formula is C28H31NO6S. The van der Waals surface area contributed by atoms with Crippen LogP contribution >= 0.6 is 0 Å². The van der Waals surface area contributed by atoms with Crippen molar-refractivity contribution in [3.05, 3.63) is 74.6 Å². The summed E-state index contributed by atoms with van der Waals surface area (Å²) in [7, 11) is -3.26. The van der Waals surface area contributed by atoms with Crippen LogP contribution in [0.5, 0.6) is 5.75 Å². The second-order valence-corrected chi connectivity index (χ2v) is 12.1. The molecule has 5 rings (SSSR count). The van der Waals surface area contributed by atoms with E-state index >= 15 is 0 Å². The minimum Gasteiger partial charge on any atom is -0.494 e. The fourth-order valence-electron chi connectivity index (χ4n) is 5.26. The molecule has 0 N–H and O–H groups in total. The Morgan fingerprint density at radius 3 is 2.58 bits per heavy atom. The van der Waals surface area contributed by atoms with Gasteiger partial charge in [-0.2, -0.15) is 0 Å². The Bertz CT molecular complexity index is 1510. The van der Waals surface area contributed by atoms with Gasteiger partial charge in [0.25, 0.3) is 5.91 Å². The van der Waals surface area contributed by atoms with E-state index < -0.39 is 27.8 Å². The van der Waals surface area contributed by atoms with Crippen LogP contribution in [-0.2, 0) is 9.84 Å². The number of fused-ring (bicyclic) bond motifs is 2. The van der Waals surface area contributed by atoms with Gasteiger partial charge < -0.3 is 14.1 Å². The van der Waals surface area contributed by atoms with E-state index in [9.17, 15) is 18.0 Å². The number of ether oxygens (including phenoxy) is 1. The van der Waals surface area contributed by atoms with Gasteiger partial charge in [-0.05, 0) is 67.6 Å². The fourth-order valence-corrected chi connectivity index (χ4v) is 6.97. The summed E-state index contributed by atoms with van der Waals surface area (Å²) in [5, 5.41) is 0.419. The van der Waals surface area contributed by atoms with Crippen LogP contribution in [0, 0.1) is 13.8 Å². The van der Waals surface area contributed by atoms with E-state index in [0.717, 1.165) is 30.4 Å². The van der Waals surface area contributed by atoms with Crippen LogP contribution in [0.1, 0.15) is 71.5 Å². The molecule has 1 fully saturated rings. The van der Waals surface area contributed by atoms with Gasteiger partial charge in [-0.15, -0.1) is 0 Å². The molecule has 1 amide bonds. The molecule has 3 aromatic rings. The first-order chi connectivity index (χ1) is 17.2. The molecule has 2 aliphatic rings. The van der Waals surface area contributed by atoms with Gasteiger partial charge in [0.15, 0.2) is 15.3 Å². The van der Waals surface area contributed by atoms with Crippen molar-refractivity contribution in [3.8, 4) is 5.75 Å². The number of carbonyl (C=O) groups is 1. The van der Waals surface area contributed by atoms with Crippen molar-refractivity contribution < 1.29 is 22.4 Å². The summed E-state index contributed by atoms with van der Waals surface area (Å²) in [5.74, 6) is 0.109. The second kappa shape index (κ2) is 9.39. The van der Waals surface area contributed by atoms with Gasteiger partial charge in [-0.1, -0.05) is 31.9 Å². The zero-order chi connectivity index (χ0) is 25.6. The van der Waals surface area contributed by atoms with Crippen molar-refractivity contribution in [3.63, 3.8) is 0 Å². The minimum absolute atomic E-state index is 0.000631. The number of nitrogens with zero attached hydrogens (tertiary/aromatic N) is 1. The van der Waals surface area contributed by atoms with Crippen molar-refractivity contribution in [2.75, 3.05) is 18.1 Å². The van der Waals surface area contributed by atoms with Crippen LogP contribution < -0.4 is 10.2 Å². The number of amides is 1. The Morgan fingerprint density at radius 2 is 1.86 bits per heavy atom. The first-order valence-corrected chi connectivity index (χ1v) is 14.4. The predicted octanol–water partition coefficient (Wildman–Crippen LogP) is 4.71. The Balaban J connectivity index is 1.65. The van der Waals surface area contributed by atoms with E-state index in [1.54, 1.807) is 17.0 Å². The zero-order valence-corrected chi connectivity index (χ0v) is 21.7. The lowest BCUT2D eigenvalue weighted by molar-refractivity contribution is 0.0662.